The van der Waals surface area contributed by atoms with Gasteiger partial charge in [-0.15, -0.1) is 22.7 Å². The third kappa shape index (κ3) is 4.10. The molecule has 0 radical (unpaired) electrons. The van der Waals surface area contributed by atoms with E-state index in [4.69, 9.17) is 0 Å². The Kier molecular flexibility index (Phi) is 5.15. The number of nitrogens with zero attached hydrogens (tertiary/aromatic N) is 1. The standard InChI is InChI=1S/C13H19N3O2S3/c1-13(2,12-15-8-9-19-12)16-21(17,18)11-5-4-10(20-11)6-7-14-3/h4-5,8-9,14,16H,6-7H2,1-3H3. The molecule has 8 heteroatoms. The van der Waals surface area contributed by atoms with Crippen LogP contribution in [0, 0.1) is 0 Å². The number of rotatable bonds is 7. The van der Waals surface area contributed by atoms with E-state index in [9.17, 15) is 8.42 Å². The van der Waals surface area contributed by atoms with Crippen molar-refractivity contribution in [3.63, 3.8) is 0 Å². The first-order valence-electron chi connectivity index (χ1n) is 6.52. The molecule has 0 aliphatic rings. The average molecular weight is 346 g/mol. The lowest BCUT2D eigenvalue weighted by Gasteiger charge is -2.22. The highest BCUT2D eigenvalue weighted by Gasteiger charge is 2.30. The summed E-state index contributed by atoms with van der Waals surface area (Å²) in [7, 11) is -1.66. The van der Waals surface area contributed by atoms with Gasteiger partial charge in [-0.05, 0) is 46.0 Å². The quantitative estimate of drug-likeness (QED) is 0.807. The number of nitrogens with one attached hydrogen (secondary N) is 2. The number of aromatic nitrogens is 1. The molecule has 2 aromatic rings. The highest BCUT2D eigenvalue weighted by molar-refractivity contribution is 7.91. The van der Waals surface area contributed by atoms with Crippen LogP contribution in [-0.2, 0) is 22.0 Å². The molecule has 0 unspecified atom stereocenters. The topological polar surface area (TPSA) is 71.1 Å². The van der Waals surface area contributed by atoms with Gasteiger partial charge in [-0.25, -0.2) is 13.4 Å². The van der Waals surface area contributed by atoms with E-state index >= 15 is 0 Å². The summed E-state index contributed by atoms with van der Waals surface area (Å²) in [5.74, 6) is 0. The Morgan fingerprint density at radius 3 is 2.71 bits per heavy atom. The third-order valence-electron chi connectivity index (χ3n) is 2.88. The van der Waals surface area contributed by atoms with Gasteiger partial charge in [-0.1, -0.05) is 0 Å². The summed E-state index contributed by atoms with van der Waals surface area (Å²) in [5.41, 5.74) is -0.720. The second-order valence-corrected chi connectivity index (χ2v) is 9.11. The highest BCUT2D eigenvalue weighted by Crippen LogP contribution is 2.27. The smallest absolute Gasteiger partial charge is 0.250 e. The maximum atomic E-state index is 12.5. The molecule has 2 rings (SSSR count). The van der Waals surface area contributed by atoms with Gasteiger partial charge in [0.15, 0.2) is 0 Å². The molecule has 0 saturated heterocycles. The number of hydrogen-bond acceptors (Lipinski definition) is 6. The minimum absolute atomic E-state index is 0.346. The molecule has 2 aromatic heterocycles. The molecule has 0 aliphatic heterocycles. The minimum Gasteiger partial charge on any atom is -0.319 e. The van der Waals surface area contributed by atoms with Crippen LogP contribution in [0.5, 0.6) is 0 Å². The molecule has 0 bridgehead atoms. The van der Waals surface area contributed by atoms with Crippen LogP contribution in [0.3, 0.4) is 0 Å². The predicted molar refractivity (Wildman–Crippen MR) is 87.4 cm³/mol. The van der Waals surface area contributed by atoms with Gasteiger partial charge in [-0.2, -0.15) is 4.72 Å². The van der Waals surface area contributed by atoms with Crippen LogP contribution in [0.4, 0.5) is 0 Å². The summed E-state index contributed by atoms with van der Waals surface area (Å²) in [5, 5.41) is 5.64. The van der Waals surface area contributed by atoms with Crippen molar-refractivity contribution in [3.8, 4) is 0 Å². The van der Waals surface area contributed by atoms with Gasteiger partial charge >= 0.3 is 0 Å². The first-order chi connectivity index (χ1) is 9.85. The Balaban J connectivity index is 2.16. The summed E-state index contributed by atoms with van der Waals surface area (Å²) < 4.78 is 28.1. The Morgan fingerprint density at radius 1 is 1.33 bits per heavy atom. The first-order valence-corrected chi connectivity index (χ1v) is 9.70. The molecule has 0 aliphatic carbocycles. The zero-order chi connectivity index (χ0) is 15.5. The van der Waals surface area contributed by atoms with Crippen molar-refractivity contribution in [2.45, 2.75) is 30.0 Å². The van der Waals surface area contributed by atoms with E-state index in [1.807, 2.05) is 32.3 Å². The van der Waals surface area contributed by atoms with Crippen molar-refractivity contribution in [1.29, 1.82) is 0 Å². The van der Waals surface area contributed by atoms with E-state index in [-0.39, 0.29) is 0 Å². The minimum atomic E-state index is -3.53. The summed E-state index contributed by atoms with van der Waals surface area (Å²) >= 11 is 2.75. The van der Waals surface area contributed by atoms with Crippen molar-refractivity contribution >= 4 is 32.7 Å². The summed E-state index contributed by atoms with van der Waals surface area (Å²) in [6, 6.07) is 3.53. The van der Waals surface area contributed by atoms with Gasteiger partial charge in [0.2, 0.25) is 0 Å². The molecule has 0 amide bonds. The molecule has 0 saturated carbocycles. The number of thiazole rings is 1. The fourth-order valence-corrected chi connectivity index (χ4v) is 5.37. The van der Waals surface area contributed by atoms with Crippen molar-refractivity contribution in [3.05, 3.63) is 33.6 Å². The van der Waals surface area contributed by atoms with Gasteiger partial charge in [0.1, 0.15) is 9.22 Å². The summed E-state index contributed by atoms with van der Waals surface area (Å²) in [6.45, 7) is 4.47. The van der Waals surface area contributed by atoms with Crippen LogP contribution in [-0.4, -0.2) is 27.0 Å². The van der Waals surface area contributed by atoms with E-state index in [0.717, 1.165) is 22.9 Å². The third-order valence-corrected chi connectivity index (χ3v) is 7.27. The molecule has 2 N–H and O–H groups in total. The number of hydrogen-bond donors (Lipinski definition) is 2. The van der Waals surface area contributed by atoms with Crippen LogP contribution in [0.1, 0.15) is 23.7 Å². The fraction of sp³-hybridized carbons (Fsp3) is 0.462. The average Bonchev–Trinajstić information content (AvgIpc) is 3.06. The lowest BCUT2D eigenvalue weighted by molar-refractivity contribution is 0.471. The zero-order valence-electron chi connectivity index (χ0n) is 12.2. The molecule has 0 aromatic carbocycles. The Hall–Kier alpha value is -0.800. The number of thiophene rings is 1. The second-order valence-electron chi connectivity index (χ2n) is 5.14. The van der Waals surface area contributed by atoms with Crippen LogP contribution in [0.15, 0.2) is 27.9 Å². The van der Waals surface area contributed by atoms with Gasteiger partial charge in [-0.3, -0.25) is 0 Å². The monoisotopic (exact) mass is 345 g/mol. The van der Waals surface area contributed by atoms with E-state index in [1.165, 1.54) is 22.7 Å². The van der Waals surface area contributed by atoms with E-state index in [1.54, 1.807) is 12.3 Å². The summed E-state index contributed by atoms with van der Waals surface area (Å²) in [6.07, 6.45) is 2.50. The van der Waals surface area contributed by atoms with E-state index in [2.05, 4.69) is 15.0 Å². The molecule has 0 atom stereocenters. The molecule has 21 heavy (non-hydrogen) atoms. The largest absolute Gasteiger partial charge is 0.319 e. The molecule has 2 heterocycles. The van der Waals surface area contributed by atoms with Crippen molar-refractivity contribution < 1.29 is 8.42 Å². The normalized spacial score (nSPS) is 12.7. The molecule has 116 valence electrons. The van der Waals surface area contributed by atoms with Crippen molar-refractivity contribution in [2.24, 2.45) is 0 Å². The molecule has 5 nitrogen and oxygen atoms in total. The maximum absolute atomic E-state index is 12.5. The molecule has 0 fully saturated rings. The fourth-order valence-electron chi connectivity index (χ4n) is 1.85. The lowest BCUT2D eigenvalue weighted by atomic mass is 10.1. The second kappa shape index (κ2) is 6.53. The number of sulfonamides is 1. The lowest BCUT2D eigenvalue weighted by Crippen LogP contribution is -2.40. The Bertz CT molecular complexity index is 675. The first kappa shape index (κ1) is 16.6. The predicted octanol–water partition coefficient (Wildman–Crippen LogP) is 2.18. The maximum Gasteiger partial charge on any atom is 0.250 e. The Labute approximate surface area is 133 Å². The van der Waals surface area contributed by atoms with Gasteiger partial charge in [0.05, 0.1) is 5.54 Å². The SMILES string of the molecule is CNCCc1ccc(S(=O)(=O)NC(C)(C)c2nccs2)s1. The molecular weight excluding hydrogens is 326 g/mol. The highest BCUT2D eigenvalue weighted by atomic mass is 32.2. The van der Waals surface area contributed by atoms with Gasteiger partial charge in [0, 0.05) is 16.5 Å². The molecular formula is C13H19N3O2S3. The Morgan fingerprint density at radius 2 is 2.10 bits per heavy atom. The van der Waals surface area contributed by atoms with Gasteiger partial charge < -0.3 is 5.32 Å². The van der Waals surface area contributed by atoms with Crippen LogP contribution in [0.2, 0.25) is 0 Å². The zero-order valence-corrected chi connectivity index (χ0v) is 14.7. The van der Waals surface area contributed by atoms with Crippen LogP contribution in [0.25, 0.3) is 0 Å². The van der Waals surface area contributed by atoms with Crippen LogP contribution >= 0.6 is 22.7 Å². The number of likely N-dealkylation sites (N-methyl/N-ethyl adjacent to an activating group) is 1. The van der Waals surface area contributed by atoms with Crippen LogP contribution < -0.4 is 10.0 Å². The van der Waals surface area contributed by atoms with Crippen molar-refractivity contribution in [1.82, 2.24) is 15.0 Å². The van der Waals surface area contributed by atoms with E-state index in [0.29, 0.717) is 4.21 Å². The van der Waals surface area contributed by atoms with E-state index < -0.39 is 15.6 Å². The summed E-state index contributed by atoms with van der Waals surface area (Å²) in [4.78, 5) is 5.25. The molecule has 0 spiro atoms. The van der Waals surface area contributed by atoms with Crippen molar-refractivity contribution in [2.75, 3.05) is 13.6 Å². The van der Waals surface area contributed by atoms with Gasteiger partial charge in [0.25, 0.3) is 10.0 Å².